The lowest BCUT2D eigenvalue weighted by molar-refractivity contribution is -0.141. The summed E-state index contributed by atoms with van der Waals surface area (Å²) in [4.78, 5) is 15.6. The van der Waals surface area contributed by atoms with Crippen LogP contribution < -0.4 is 5.32 Å². The van der Waals surface area contributed by atoms with Crippen molar-refractivity contribution in [3.8, 4) is 11.9 Å². The summed E-state index contributed by atoms with van der Waals surface area (Å²) >= 11 is 0. The highest BCUT2D eigenvalue weighted by Gasteiger charge is 2.35. The molecule has 30 heavy (non-hydrogen) atoms. The van der Waals surface area contributed by atoms with Crippen molar-refractivity contribution >= 4 is 11.7 Å². The molecule has 3 aromatic rings. The third kappa shape index (κ3) is 4.24. The maximum atomic E-state index is 13.1. The van der Waals surface area contributed by atoms with E-state index in [0.717, 1.165) is 41.2 Å². The number of aromatic nitrogens is 3. The van der Waals surface area contributed by atoms with Gasteiger partial charge in [-0.15, -0.1) is 5.10 Å². The van der Waals surface area contributed by atoms with Gasteiger partial charge in [-0.2, -0.15) is 31.6 Å². The normalized spacial score (nSPS) is 11.8. The fourth-order valence-electron chi connectivity index (χ4n) is 2.49. The quantitative estimate of drug-likeness (QED) is 0.630. The van der Waals surface area contributed by atoms with Gasteiger partial charge < -0.3 is 5.32 Å². The second kappa shape index (κ2) is 7.51. The number of pyridine rings is 1. The predicted octanol–water partition coefficient (Wildman–Crippen LogP) is 4.43. The number of hydrogen-bond donors (Lipinski definition) is 1. The fourth-order valence-corrected chi connectivity index (χ4v) is 2.49. The maximum Gasteiger partial charge on any atom is 0.433 e. The van der Waals surface area contributed by atoms with Crippen LogP contribution in [-0.2, 0) is 12.4 Å². The molecular weight excluding hydrogens is 416 g/mol. The van der Waals surface area contributed by atoms with Crippen LogP contribution in [0.25, 0.3) is 5.82 Å². The third-order valence-corrected chi connectivity index (χ3v) is 3.81. The van der Waals surface area contributed by atoms with Gasteiger partial charge in [-0.1, -0.05) is 12.1 Å². The fraction of sp³-hybridized carbons (Fsp3) is 0.111. The minimum atomic E-state index is -4.77. The molecule has 1 aromatic carbocycles. The molecule has 2 aromatic heterocycles. The van der Waals surface area contributed by atoms with Crippen molar-refractivity contribution < 1.29 is 31.1 Å². The standard InChI is InChI=1S/C18H9F6N5O/c19-17(20,21)12-4-2-1-3-11(12)16(30)27-14-7-8-29(28-14)15-10(9-25)5-6-13(26-15)18(22,23)24/h1-8H,(H,27,28,30). The monoisotopic (exact) mass is 425 g/mol. The molecule has 0 fully saturated rings. The van der Waals surface area contributed by atoms with E-state index >= 15 is 0 Å². The molecule has 1 amide bonds. The number of alkyl halides is 6. The molecule has 0 aliphatic rings. The van der Waals surface area contributed by atoms with Crippen molar-refractivity contribution in [1.29, 1.82) is 5.26 Å². The summed E-state index contributed by atoms with van der Waals surface area (Å²) in [5, 5.41) is 15.0. The molecule has 12 heteroatoms. The molecule has 1 N–H and O–H groups in total. The van der Waals surface area contributed by atoms with Gasteiger partial charge in [0.1, 0.15) is 11.8 Å². The van der Waals surface area contributed by atoms with Crippen molar-refractivity contribution in [3.63, 3.8) is 0 Å². The van der Waals surface area contributed by atoms with Crippen LogP contribution in [0.3, 0.4) is 0 Å². The topological polar surface area (TPSA) is 83.6 Å². The molecule has 0 atom stereocenters. The summed E-state index contributed by atoms with van der Waals surface area (Å²) in [6.07, 6.45) is -8.43. The first-order valence-electron chi connectivity index (χ1n) is 8.02. The Kier molecular flexibility index (Phi) is 5.22. The van der Waals surface area contributed by atoms with Crippen molar-refractivity contribution in [3.05, 3.63) is 71.0 Å². The Morgan fingerprint density at radius 1 is 1.00 bits per heavy atom. The van der Waals surface area contributed by atoms with E-state index in [9.17, 15) is 31.1 Å². The van der Waals surface area contributed by atoms with E-state index in [2.05, 4.69) is 15.4 Å². The number of carbonyl (C=O) groups is 1. The predicted molar refractivity (Wildman–Crippen MR) is 90.5 cm³/mol. The first-order chi connectivity index (χ1) is 14.0. The number of amides is 1. The molecule has 3 rings (SSSR count). The molecule has 0 saturated heterocycles. The van der Waals surface area contributed by atoms with E-state index in [0.29, 0.717) is 6.07 Å². The summed E-state index contributed by atoms with van der Waals surface area (Å²) in [5.41, 5.74) is -3.31. The number of rotatable bonds is 3. The zero-order chi connectivity index (χ0) is 22.1. The number of nitriles is 1. The summed E-state index contributed by atoms with van der Waals surface area (Å²) < 4.78 is 78.7. The molecule has 0 radical (unpaired) electrons. The Balaban J connectivity index is 1.92. The third-order valence-electron chi connectivity index (χ3n) is 3.81. The number of nitrogens with one attached hydrogen (secondary N) is 1. The zero-order valence-corrected chi connectivity index (χ0v) is 14.6. The smallest absolute Gasteiger partial charge is 0.305 e. The van der Waals surface area contributed by atoms with Gasteiger partial charge in [0, 0.05) is 12.3 Å². The largest absolute Gasteiger partial charge is 0.433 e. The van der Waals surface area contributed by atoms with Crippen molar-refractivity contribution in [1.82, 2.24) is 14.8 Å². The minimum Gasteiger partial charge on any atom is -0.305 e. The summed E-state index contributed by atoms with van der Waals surface area (Å²) in [6.45, 7) is 0. The summed E-state index contributed by atoms with van der Waals surface area (Å²) in [7, 11) is 0. The van der Waals surface area contributed by atoms with E-state index < -0.39 is 40.9 Å². The Bertz CT molecular complexity index is 1140. The molecule has 154 valence electrons. The Hall–Kier alpha value is -3.88. The summed E-state index contributed by atoms with van der Waals surface area (Å²) in [5.74, 6) is -1.82. The van der Waals surface area contributed by atoms with Crippen LogP contribution in [0.2, 0.25) is 0 Å². The number of anilines is 1. The van der Waals surface area contributed by atoms with Crippen LogP contribution in [0.1, 0.15) is 27.2 Å². The highest BCUT2D eigenvalue weighted by atomic mass is 19.4. The highest BCUT2D eigenvalue weighted by Crippen LogP contribution is 2.32. The van der Waals surface area contributed by atoms with Crippen molar-refractivity contribution in [2.75, 3.05) is 5.32 Å². The Labute approximate surface area is 164 Å². The van der Waals surface area contributed by atoms with Crippen LogP contribution in [0.4, 0.5) is 32.2 Å². The molecule has 6 nitrogen and oxygen atoms in total. The number of carbonyl (C=O) groups excluding carboxylic acids is 1. The van der Waals surface area contributed by atoms with Gasteiger partial charge in [-0.05, 0) is 24.3 Å². The van der Waals surface area contributed by atoms with Crippen molar-refractivity contribution in [2.45, 2.75) is 12.4 Å². The SMILES string of the molecule is N#Cc1ccc(C(F)(F)F)nc1-n1ccc(NC(=O)c2ccccc2C(F)(F)F)n1. The van der Waals surface area contributed by atoms with E-state index in [4.69, 9.17) is 5.26 Å². The molecule has 0 spiro atoms. The van der Waals surface area contributed by atoms with Crippen LogP contribution in [0.5, 0.6) is 0 Å². The maximum absolute atomic E-state index is 13.1. The molecule has 0 aliphatic heterocycles. The van der Waals surface area contributed by atoms with Gasteiger partial charge in [0.15, 0.2) is 11.6 Å². The number of benzene rings is 1. The Morgan fingerprint density at radius 3 is 2.33 bits per heavy atom. The lowest BCUT2D eigenvalue weighted by Gasteiger charge is -2.12. The number of nitrogens with zero attached hydrogens (tertiary/aromatic N) is 4. The van der Waals surface area contributed by atoms with Crippen LogP contribution >= 0.6 is 0 Å². The van der Waals surface area contributed by atoms with Gasteiger partial charge in [0.2, 0.25) is 0 Å². The van der Waals surface area contributed by atoms with Crippen LogP contribution in [-0.4, -0.2) is 20.7 Å². The Morgan fingerprint density at radius 2 is 1.70 bits per heavy atom. The molecule has 0 unspecified atom stereocenters. The molecule has 0 aliphatic carbocycles. The lowest BCUT2D eigenvalue weighted by atomic mass is 10.1. The van der Waals surface area contributed by atoms with Crippen LogP contribution in [0, 0.1) is 11.3 Å². The average molecular weight is 425 g/mol. The van der Waals surface area contributed by atoms with E-state index in [-0.39, 0.29) is 11.4 Å². The number of hydrogen-bond acceptors (Lipinski definition) is 4. The second-order valence-corrected chi connectivity index (χ2v) is 5.82. The van der Waals surface area contributed by atoms with E-state index in [1.165, 1.54) is 6.07 Å². The first kappa shape index (κ1) is 20.8. The van der Waals surface area contributed by atoms with Crippen molar-refractivity contribution in [2.24, 2.45) is 0 Å². The molecule has 0 saturated carbocycles. The molecular formula is C18H9F6N5O. The second-order valence-electron chi connectivity index (χ2n) is 5.82. The van der Waals surface area contributed by atoms with Gasteiger partial charge in [0.25, 0.3) is 5.91 Å². The summed E-state index contributed by atoms with van der Waals surface area (Å²) in [6, 6.07) is 8.41. The van der Waals surface area contributed by atoms with Gasteiger partial charge >= 0.3 is 12.4 Å². The molecule has 2 heterocycles. The highest BCUT2D eigenvalue weighted by molar-refractivity contribution is 6.04. The first-order valence-corrected chi connectivity index (χ1v) is 8.02. The van der Waals surface area contributed by atoms with E-state index in [1.807, 2.05) is 0 Å². The van der Waals surface area contributed by atoms with Crippen LogP contribution in [0.15, 0.2) is 48.7 Å². The minimum absolute atomic E-state index is 0.230. The molecule has 0 bridgehead atoms. The van der Waals surface area contributed by atoms with Gasteiger partial charge in [0.05, 0.1) is 16.7 Å². The zero-order valence-electron chi connectivity index (χ0n) is 14.6. The lowest BCUT2D eigenvalue weighted by Crippen LogP contribution is -2.19. The van der Waals surface area contributed by atoms with Gasteiger partial charge in [-0.3, -0.25) is 4.79 Å². The average Bonchev–Trinajstić information content (AvgIpc) is 3.14. The number of halogens is 6. The van der Waals surface area contributed by atoms with E-state index in [1.54, 1.807) is 6.07 Å². The van der Waals surface area contributed by atoms with Gasteiger partial charge in [-0.25, -0.2) is 9.67 Å².